The Hall–Kier alpha value is -4.29. The first-order chi connectivity index (χ1) is 22.7. The van der Waals surface area contributed by atoms with E-state index < -0.39 is 22.9 Å². The fourth-order valence-electron chi connectivity index (χ4n) is 4.34. The number of carbonyl (C=O) groups is 3. The SMILES string of the molecule is CCC(Sc1cccc(NC(=O)/C(=C\c2c(F)cccc2Cl)NC(=O)c2ccccc2)c1)C(=O)Nc1nc(-c2ccc(Br)cc2)cs1. The average molecular weight is 750 g/mol. The number of aromatic nitrogens is 1. The van der Waals surface area contributed by atoms with E-state index in [9.17, 15) is 18.8 Å². The van der Waals surface area contributed by atoms with Crippen molar-refractivity contribution in [1.82, 2.24) is 10.3 Å². The van der Waals surface area contributed by atoms with Gasteiger partial charge in [0.15, 0.2) is 5.13 Å². The third kappa shape index (κ3) is 9.17. The molecule has 0 aliphatic carbocycles. The Morgan fingerprint density at radius 2 is 1.72 bits per heavy atom. The van der Waals surface area contributed by atoms with Crippen molar-refractivity contribution in [3.8, 4) is 11.3 Å². The standard InChI is InChI=1S/C35H27BrClFN4O3S2/c1-2-31(34(45)42-35-41-30(20-46-35)21-14-16-23(36)17-15-21)47-25-11-6-10-24(18-25)39-33(44)29(19-26-27(37)12-7-13-28(26)38)40-32(43)22-8-4-3-5-9-22/h3-20,31H,2H2,1H3,(H,39,44)(H,40,43)(H,41,42,45)/b29-19+. The molecule has 1 atom stereocenters. The number of rotatable bonds is 11. The molecule has 0 aliphatic heterocycles. The number of carbonyl (C=O) groups excluding carboxylic acids is 3. The van der Waals surface area contributed by atoms with Crippen LogP contribution in [0, 0.1) is 5.82 Å². The summed E-state index contributed by atoms with van der Waals surface area (Å²) in [4.78, 5) is 45.0. The Labute approximate surface area is 292 Å². The molecule has 1 aromatic heterocycles. The van der Waals surface area contributed by atoms with Gasteiger partial charge in [0.2, 0.25) is 5.91 Å². The summed E-state index contributed by atoms with van der Waals surface area (Å²) in [6.07, 6.45) is 1.74. The molecule has 0 radical (unpaired) electrons. The quantitative estimate of drug-likeness (QED) is 0.0924. The van der Waals surface area contributed by atoms with Gasteiger partial charge in [0, 0.05) is 37.1 Å². The zero-order valence-corrected chi connectivity index (χ0v) is 28.8. The van der Waals surface area contributed by atoms with E-state index in [0.29, 0.717) is 22.8 Å². The van der Waals surface area contributed by atoms with Crippen molar-refractivity contribution in [3.63, 3.8) is 0 Å². The summed E-state index contributed by atoms with van der Waals surface area (Å²) in [5, 5.41) is 10.3. The van der Waals surface area contributed by atoms with Gasteiger partial charge in [0.1, 0.15) is 11.5 Å². The van der Waals surface area contributed by atoms with Crippen molar-refractivity contribution in [1.29, 1.82) is 0 Å². The number of thioether (sulfide) groups is 1. The molecule has 47 heavy (non-hydrogen) atoms. The minimum atomic E-state index is -0.689. The Bertz CT molecular complexity index is 1920. The largest absolute Gasteiger partial charge is 0.321 e. The Morgan fingerprint density at radius 3 is 2.45 bits per heavy atom. The number of hydrogen-bond acceptors (Lipinski definition) is 6. The van der Waals surface area contributed by atoms with E-state index in [4.69, 9.17) is 11.6 Å². The van der Waals surface area contributed by atoms with E-state index in [1.807, 2.05) is 42.6 Å². The molecule has 7 nitrogen and oxygen atoms in total. The smallest absolute Gasteiger partial charge is 0.272 e. The van der Waals surface area contributed by atoms with Crippen LogP contribution in [-0.4, -0.2) is 28.0 Å². The zero-order valence-electron chi connectivity index (χ0n) is 24.8. The van der Waals surface area contributed by atoms with E-state index in [2.05, 4.69) is 36.9 Å². The molecule has 0 saturated heterocycles. The normalized spacial score (nSPS) is 11.9. The van der Waals surface area contributed by atoms with E-state index in [1.165, 1.54) is 47.4 Å². The summed E-state index contributed by atoms with van der Waals surface area (Å²) in [6, 6.07) is 27.2. The second-order valence-corrected chi connectivity index (χ2v) is 13.5. The van der Waals surface area contributed by atoms with Gasteiger partial charge < -0.3 is 16.0 Å². The number of nitrogens with one attached hydrogen (secondary N) is 3. The number of halogens is 3. The first-order valence-electron chi connectivity index (χ1n) is 14.3. The molecular formula is C35H27BrClFN4O3S2. The van der Waals surface area contributed by atoms with Crippen LogP contribution < -0.4 is 16.0 Å². The summed E-state index contributed by atoms with van der Waals surface area (Å²) >= 11 is 12.3. The van der Waals surface area contributed by atoms with Gasteiger partial charge in [-0.3, -0.25) is 14.4 Å². The second-order valence-electron chi connectivity index (χ2n) is 10.0. The summed E-state index contributed by atoms with van der Waals surface area (Å²) in [6.45, 7) is 1.91. The molecule has 1 unspecified atom stereocenters. The highest BCUT2D eigenvalue weighted by molar-refractivity contribution is 9.10. The monoisotopic (exact) mass is 748 g/mol. The van der Waals surface area contributed by atoms with Gasteiger partial charge in [0.25, 0.3) is 11.8 Å². The van der Waals surface area contributed by atoms with Gasteiger partial charge in [-0.15, -0.1) is 23.1 Å². The van der Waals surface area contributed by atoms with Crippen LogP contribution in [0.1, 0.15) is 29.3 Å². The predicted molar refractivity (Wildman–Crippen MR) is 192 cm³/mol. The predicted octanol–water partition coefficient (Wildman–Crippen LogP) is 9.28. The Kier molecular flexibility index (Phi) is 11.6. The third-order valence-electron chi connectivity index (χ3n) is 6.72. The Balaban J connectivity index is 1.29. The Morgan fingerprint density at radius 1 is 0.979 bits per heavy atom. The van der Waals surface area contributed by atoms with Gasteiger partial charge in [-0.05, 0) is 67.1 Å². The third-order valence-corrected chi connectivity index (χ3v) is 9.70. The first kappa shape index (κ1) is 34.1. The second kappa shape index (κ2) is 16.0. The average Bonchev–Trinajstić information content (AvgIpc) is 3.53. The van der Waals surface area contributed by atoms with Gasteiger partial charge in [-0.2, -0.15) is 0 Å². The lowest BCUT2D eigenvalue weighted by Crippen LogP contribution is -2.30. The molecule has 0 saturated carbocycles. The van der Waals surface area contributed by atoms with Gasteiger partial charge in [-0.1, -0.05) is 76.9 Å². The summed E-state index contributed by atoms with van der Waals surface area (Å²) < 4.78 is 15.6. The lowest BCUT2D eigenvalue weighted by Gasteiger charge is -2.15. The molecule has 0 bridgehead atoms. The molecule has 3 amide bonds. The summed E-state index contributed by atoms with van der Waals surface area (Å²) in [7, 11) is 0. The van der Waals surface area contributed by atoms with E-state index in [0.717, 1.165) is 20.6 Å². The minimum Gasteiger partial charge on any atom is -0.321 e. The number of nitrogens with zero attached hydrogens (tertiary/aromatic N) is 1. The summed E-state index contributed by atoms with van der Waals surface area (Å²) in [5.74, 6) is -2.09. The number of amides is 3. The van der Waals surface area contributed by atoms with E-state index in [1.54, 1.807) is 48.5 Å². The highest BCUT2D eigenvalue weighted by Crippen LogP contribution is 2.31. The van der Waals surface area contributed by atoms with Crippen LogP contribution >= 0.6 is 50.6 Å². The fourth-order valence-corrected chi connectivity index (χ4v) is 6.56. The van der Waals surface area contributed by atoms with Crippen LogP contribution in [0.25, 0.3) is 17.3 Å². The number of hydrogen-bond donors (Lipinski definition) is 3. The maximum Gasteiger partial charge on any atom is 0.272 e. The van der Waals surface area contributed by atoms with Crippen LogP contribution in [0.15, 0.2) is 118 Å². The maximum absolute atomic E-state index is 14.7. The van der Waals surface area contributed by atoms with Crippen LogP contribution in [0.5, 0.6) is 0 Å². The number of benzene rings is 4. The molecule has 1 heterocycles. The molecule has 0 aliphatic rings. The molecule has 238 valence electrons. The number of thiazole rings is 1. The molecule has 12 heteroatoms. The van der Waals surface area contributed by atoms with Crippen molar-refractivity contribution in [2.45, 2.75) is 23.5 Å². The molecule has 4 aromatic carbocycles. The van der Waals surface area contributed by atoms with E-state index in [-0.39, 0.29) is 22.2 Å². The lowest BCUT2D eigenvalue weighted by molar-refractivity contribution is -0.116. The first-order valence-corrected chi connectivity index (χ1v) is 17.3. The van der Waals surface area contributed by atoms with Crippen LogP contribution in [0.3, 0.4) is 0 Å². The lowest BCUT2D eigenvalue weighted by atomic mass is 10.1. The molecule has 0 spiro atoms. The molecule has 0 fully saturated rings. The van der Waals surface area contributed by atoms with Crippen LogP contribution in [-0.2, 0) is 9.59 Å². The van der Waals surface area contributed by atoms with Crippen LogP contribution in [0.2, 0.25) is 5.02 Å². The minimum absolute atomic E-state index is 0.0435. The highest BCUT2D eigenvalue weighted by atomic mass is 79.9. The fraction of sp³-hybridized carbons (Fsp3) is 0.0857. The molecule has 3 N–H and O–H groups in total. The van der Waals surface area contributed by atoms with Gasteiger partial charge in [-0.25, -0.2) is 9.37 Å². The summed E-state index contributed by atoms with van der Waals surface area (Å²) in [5.41, 5.74) is 2.19. The van der Waals surface area contributed by atoms with Crippen molar-refractivity contribution in [2.24, 2.45) is 0 Å². The molecule has 5 aromatic rings. The molecular weight excluding hydrogens is 723 g/mol. The number of anilines is 2. The highest BCUT2D eigenvalue weighted by Gasteiger charge is 2.21. The topological polar surface area (TPSA) is 100 Å². The van der Waals surface area contributed by atoms with Crippen molar-refractivity contribution in [2.75, 3.05) is 10.6 Å². The van der Waals surface area contributed by atoms with Crippen molar-refractivity contribution < 1.29 is 18.8 Å². The van der Waals surface area contributed by atoms with Gasteiger partial charge >= 0.3 is 0 Å². The van der Waals surface area contributed by atoms with Gasteiger partial charge in [0.05, 0.1) is 16.0 Å². The van der Waals surface area contributed by atoms with Crippen molar-refractivity contribution >= 4 is 85.2 Å². The van der Waals surface area contributed by atoms with E-state index >= 15 is 0 Å². The van der Waals surface area contributed by atoms with Crippen molar-refractivity contribution in [3.05, 3.63) is 135 Å². The zero-order chi connectivity index (χ0) is 33.3. The maximum atomic E-state index is 14.7. The van der Waals surface area contributed by atoms with Crippen LogP contribution in [0.4, 0.5) is 15.2 Å². The molecule has 5 rings (SSSR count).